The number of oxime groups is 1. The lowest BCUT2D eigenvalue weighted by atomic mass is 9.70. The highest BCUT2D eigenvalue weighted by Crippen LogP contribution is 2.39. The number of nitrogens with one attached hydrogen (secondary N) is 1. The molecule has 1 saturated carbocycles. The Morgan fingerprint density at radius 1 is 1.45 bits per heavy atom. The lowest BCUT2D eigenvalue weighted by Crippen LogP contribution is -2.44. The predicted molar refractivity (Wildman–Crippen MR) is 77.6 cm³/mol. The quantitative estimate of drug-likeness (QED) is 0.331. The summed E-state index contributed by atoms with van der Waals surface area (Å²) in [6, 6.07) is 9.11. The lowest BCUT2D eigenvalue weighted by Gasteiger charge is -2.38. The molecule has 2 rings (SSSR count). The molecule has 1 unspecified atom stereocenters. The van der Waals surface area contributed by atoms with Crippen LogP contribution in [0.25, 0.3) is 0 Å². The van der Waals surface area contributed by atoms with Crippen LogP contribution in [-0.4, -0.2) is 23.5 Å². The molecule has 0 heterocycles. The molecule has 20 heavy (non-hydrogen) atoms. The Morgan fingerprint density at radius 2 is 2.10 bits per heavy atom. The first-order valence-electron chi connectivity index (χ1n) is 6.86. The van der Waals surface area contributed by atoms with Crippen LogP contribution >= 0.6 is 0 Å². The Hall–Kier alpha value is -2.04. The summed E-state index contributed by atoms with van der Waals surface area (Å²) in [5.41, 5.74) is 6.59. The predicted octanol–water partition coefficient (Wildman–Crippen LogP) is 1.82. The first-order valence-corrected chi connectivity index (χ1v) is 6.86. The van der Waals surface area contributed by atoms with Gasteiger partial charge in [-0.25, -0.2) is 0 Å². The van der Waals surface area contributed by atoms with E-state index < -0.39 is 5.92 Å². The van der Waals surface area contributed by atoms with E-state index >= 15 is 0 Å². The van der Waals surface area contributed by atoms with Crippen LogP contribution in [0.1, 0.15) is 37.7 Å². The Balaban J connectivity index is 2.09. The zero-order valence-electron chi connectivity index (χ0n) is 11.7. The van der Waals surface area contributed by atoms with Gasteiger partial charge in [-0.3, -0.25) is 4.79 Å². The summed E-state index contributed by atoms with van der Waals surface area (Å²) >= 11 is 0. The van der Waals surface area contributed by atoms with Crippen molar-refractivity contribution >= 4 is 11.7 Å². The number of amidine groups is 1. The van der Waals surface area contributed by atoms with Crippen molar-refractivity contribution in [2.24, 2.45) is 16.3 Å². The van der Waals surface area contributed by atoms with Crippen LogP contribution in [-0.2, 0) is 4.79 Å². The summed E-state index contributed by atoms with van der Waals surface area (Å²) in [5.74, 6) is -1.06. The molecule has 0 spiro atoms. The van der Waals surface area contributed by atoms with Gasteiger partial charge in [0.2, 0.25) is 5.91 Å². The van der Waals surface area contributed by atoms with Gasteiger partial charge in [0.05, 0.1) is 0 Å². The molecule has 0 aromatic heterocycles. The Bertz CT molecular complexity index is 495. The van der Waals surface area contributed by atoms with Gasteiger partial charge < -0.3 is 16.3 Å². The molecule has 0 aliphatic heterocycles. The van der Waals surface area contributed by atoms with Gasteiger partial charge in [-0.2, -0.15) is 0 Å². The van der Waals surface area contributed by atoms with Crippen molar-refractivity contribution in [2.45, 2.75) is 32.1 Å². The van der Waals surface area contributed by atoms with Gasteiger partial charge in [0.25, 0.3) is 0 Å². The zero-order valence-corrected chi connectivity index (χ0v) is 11.7. The Labute approximate surface area is 118 Å². The molecular weight excluding hydrogens is 254 g/mol. The van der Waals surface area contributed by atoms with Gasteiger partial charge in [0, 0.05) is 6.54 Å². The van der Waals surface area contributed by atoms with Crippen molar-refractivity contribution in [3.63, 3.8) is 0 Å². The van der Waals surface area contributed by atoms with E-state index in [-0.39, 0.29) is 17.2 Å². The number of benzene rings is 1. The van der Waals surface area contributed by atoms with Crippen molar-refractivity contribution in [3.05, 3.63) is 35.9 Å². The third kappa shape index (κ3) is 3.10. The Morgan fingerprint density at radius 3 is 2.60 bits per heavy atom. The first kappa shape index (κ1) is 14.4. The summed E-state index contributed by atoms with van der Waals surface area (Å²) in [5, 5.41) is 14.8. The molecule has 1 aliphatic carbocycles. The fourth-order valence-electron chi connectivity index (χ4n) is 2.52. The second-order valence-corrected chi connectivity index (χ2v) is 5.75. The van der Waals surface area contributed by atoms with E-state index in [1.165, 1.54) is 6.42 Å². The second kappa shape index (κ2) is 5.94. The van der Waals surface area contributed by atoms with Crippen LogP contribution in [0, 0.1) is 5.41 Å². The van der Waals surface area contributed by atoms with Crippen LogP contribution in [0.2, 0.25) is 0 Å². The highest BCUT2D eigenvalue weighted by Gasteiger charge is 2.33. The van der Waals surface area contributed by atoms with Gasteiger partial charge in [-0.05, 0) is 23.8 Å². The molecule has 108 valence electrons. The largest absolute Gasteiger partial charge is 0.409 e. The van der Waals surface area contributed by atoms with Gasteiger partial charge in [-0.15, -0.1) is 0 Å². The third-order valence-electron chi connectivity index (χ3n) is 4.06. The maximum atomic E-state index is 12.3. The van der Waals surface area contributed by atoms with E-state index in [0.29, 0.717) is 6.54 Å². The molecule has 0 radical (unpaired) electrons. The van der Waals surface area contributed by atoms with E-state index in [1.807, 2.05) is 18.2 Å². The van der Waals surface area contributed by atoms with Crippen molar-refractivity contribution in [3.8, 4) is 0 Å². The molecule has 1 aromatic carbocycles. The first-order chi connectivity index (χ1) is 9.56. The molecule has 1 aliphatic rings. The average molecular weight is 275 g/mol. The number of hydrogen-bond donors (Lipinski definition) is 3. The van der Waals surface area contributed by atoms with Crippen LogP contribution in [0.3, 0.4) is 0 Å². The highest BCUT2D eigenvalue weighted by molar-refractivity contribution is 6.07. The van der Waals surface area contributed by atoms with Crippen LogP contribution in [0.4, 0.5) is 0 Å². The number of rotatable bonds is 5. The maximum Gasteiger partial charge on any atom is 0.235 e. The third-order valence-corrected chi connectivity index (χ3v) is 4.06. The fourth-order valence-corrected chi connectivity index (χ4v) is 2.52. The van der Waals surface area contributed by atoms with Gasteiger partial charge in [0.1, 0.15) is 5.92 Å². The monoisotopic (exact) mass is 275 g/mol. The van der Waals surface area contributed by atoms with Crippen LogP contribution in [0.15, 0.2) is 35.5 Å². The summed E-state index contributed by atoms with van der Waals surface area (Å²) in [6.07, 6.45) is 3.48. The van der Waals surface area contributed by atoms with Crippen LogP contribution in [0.5, 0.6) is 0 Å². The minimum atomic E-state index is -0.745. The van der Waals surface area contributed by atoms with E-state index in [2.05, 4.69) is 17.4 Å². The molecule has 1 fully saturated rings. The lowest BCUT2D eigenvalue weighted by molar-refractivity contribution is -0.122. The van der Waals surface area contributed by atoms with Crippen molar-refractivity contribution in [1.82, 2.24) is 5.32 Å². The second-order valence-electron chi connectivity index (χ2n) is 5.75. The van der Waals surface area contributed by atoms with E-state index in [4.69, 9.17) is 10.9 Å². The number of hydrogen-bond acceptors (Lipinski definition) is 3. The molecule has 1 amide bonds. The number of carbonyl (C=O) groups is 1. The molecule has 5 heteroatoms. The summed E-state index contributed by atoms with van der Waals surface area (Å²) < 4.78 is 0. The molecule has 0 bridgehead atoms. The minimum Gasteiger partial charge on any atom is -0.409 e. The van der Waals surface area contributed by atoms with E-state index in [0.717, 1.165) is 18.4 Å². The topological polar surface area (TPSA) is 87.7 Å². The normalized spacial score (nSPS) is 18.9. The van der Waals surface area contributed by atoms with Crippen LogP contribution < -0.4 is 11.1 Å². The smallest absolute Gasteiger partial charge is 0.235 e. The summed E-state index contributed by atoms with van der Waals surface area (Å²) in [6.45, 7) is 2.80. The SMILES string of the molecule is CC1(CNC(=O)C(/C(N)=N/O)c2ccccc2)CCC1. The molecular formula is C15H21N3O2. The number of nitrogens with zero attached hydrogens (tertiary/aromatic N) is 1. The number of nitrogens with two attached hydrogens (primary N) is 1. The average Bonchev–Trinajstić information content (AvgIpc) is 2.44. The minimum absolute atomic E-state index is 0.0903. The number of carbonyl (C=O) groups excluding carboxylic acids is 1. The maximum absolute atomic E-state index is 12.3. The van der Waals surface area contributed by atoms with Crippen molar-refractivity contribution in [2.75, 3.05) is 6.54 Å². The standard InChI is InChI=1S/C15H21N3O2/c1-15(8-5-9-15)10-17-14(19)12(13(16)18-20)11-6-3-2-4-7-11/h2-4,6-7,12,20H,5,8-10H2,1H3,(H2,16,18)(H,17,19). The van der Waals surface area contributed by atoms with Gasteiger partial charge >= 0.3 is 0 Å². The van der Waals surface area contributed by atoms with Crippen molar-refractivity contribution < 1.29 is 10.0 Å². The fraction of sp³-hybridized carbons (Fsp3) is 0.467. The molecule has 1 aromatic rings. The van der Waals surface area contributed by atoms with Crippen molar-refractivity contribution in [1.29, 1.82) is 0 Å². The van der Waals surface area contributed by atoms with E-state index in [1.54, 1.807) is 12.1 Å². The molecule has 5 nitrogen and oxygen atoms in total. The highest BCUT2D eigenvalue weighted by atomic mass is 16.4. The van der Waals surface area contributed by atoms with Gasteiger partial charge in [-0.1, -0.05) is 48.8 Å². The zero-order chi connectivity index (χ0) is 14.6. The summed E-state index contributed by atoms with van der Waals surface area (Å²) in [4.78, 5) is 12.3. The molecule has 4 N–H and O–H groups in total. The summed E-state index contributed by atoms with van der Waals surface area (Å²) in [7, 11) is 0. The van der Waals surface area contributed by atoms with E-state index in [9.17, 15) is 4.79 Å². The number of amides is 1. The molecule has 0 saturated heterocycles. The molecule has 1 atom stereocenters. The van der Waals surface area contributed by atoms with Gasteiger partial charge in [0.15, 0.2) is 5.84 Å². The Kier molecular flexibility index (Phi) is 4.27.